The van der Waals surface area contributed by atoms with E-state index in [0.29, 0.717) is 33.0 Å². The second kappa shape index (κ2) is 7.23. The van der Waals surface area contributed by atoms with Gasteiger partial charge in [-0.25, -0.2) is 0 Å². The lowest BCUT2D eigenvalue weighted by atomic mass is 10.1. The number of hydrogen-bond acceptors (Lipinski definition) is 4. The van der Waals surface area contributed by atoms with Crippen LogP contribution in [0.5, 0.6) is 0 Å². The predicted octanol–water partition coefficient (Wildman–Crippen LogP) is 0.780. The standard InChI is InChI=1S/C14H20N2O3/c1-18-9-10-19-8-7-16-11-15-13(14(16)17)12-5-3-2-4-6-12/h2-6,13,15H,7-11H2,1H3. The van der Waals surface area contributed by atoms with Crippen molar-refractivity contribution in [2.45, 2.75) is 6.04 Å². The van der Waals surface area contributed by atoms with Crippen LogP contribution in [-0.2, 0) is 14.3 Å². The fraction of sp³-hybridized carbons (Fsp3) is 0.500. The van der Waals surface area contributed by atoms with E-state index in [-0.39, 0.29) is 11.9 Å². The molecule has 1 aliphatic heterocycles. The van der Waals surface area contributed by atoms with Crippen LogP contribution in [0.4, 0.5) is 0 Å². The highest BCUT2D eigenvalue weighted by Gasteiger charge is 2.31. The largest absolute Gasteiger partial charge is 0.382 e. The van der Waals surface area contributed by atoms with Gasteiger partial charge in [-0.05, 0) is 5.56 Å². The zero-order valence-electron chi connectivity index (χ0n) is 11.2. The van der Waals surface area contributed by atoms with Gasteiger partial charge in [0.2, 0.25) is 5.91 Å². The molecule has 0 aromatic heterocycles. The van der Waals surface area contributed by atoms with Gasteiger partial charge in [0.15, 0.2) is 0 Å². The second-order valence-electron chi connectivity index (χ2n) is 4.41. The molecule has 5 nitrogen and oxygen atoms in total. The number of amides is 1. The van der Waals surface area contributed by atoms with Gasteiger partial charge in [0, 0.05) is 13.7 Å². The van der Waals surface area contributed by atoms with Gasteiger partial charge in [-0.2, -0.15) is 0 Å². The first-order valence-corrected chi connectivity index (χ1v) is 6.46. The topological polar surface area (TPSA) is 50.8 Å². The zero-order valence-corrected chi connectivity index (χ0v) is 11.2. The quantitative estimate of drug-likeness (QED) is 0.739. The SMILES string of the molecule is COCCOCCN1CNC(c2ccccc2)C1=O. The highest BCUT2D eigenvalue weighted by Crippen LogP contribution is 2.19. The molecule has 1 saturated heterocycles. The first kappa shape index (κ1) is 14.0. The lowest BCUT2D eigenvalue weighted by Gasteiger charge is -2.15. The Balaban J connectivity index is 1.78. The fourth-order valence-corrected chi connectivity index (χ4v) is 2.06. The highest BCUT2D eigenvalue weighted by molar-refractivity contribution is 5.85. The Labute approximate surface area is 113 Å². The molecule has 1 aromatic rings. The molecule has 0 saturated carbocycles. The van der Waals surface area contributed by atoms with Crippen LogP contribution in [0.2, 0.25) is 0 Å². The Morgan fingerprint density at radius 2 is 2.05 bits per heavy atom. The van der Waals surface area contributed by atoms with Crippen molar-refractivity contribution in [2.24, 2.45) is 0 Å². The Bertz CT molecular complexity index is 397. The van der Waals surface area contributed by atoms with Gasteiger partial charge >= 0.3 is 0 Å². The number of benzene rings is 1. The van der Waals surface area contributed by atoms with E-state index < -0.39 is 0 Å². The van der Waals surface area contributed by atoms with Crippen molar-refractivity contribution in [3.63, 3.8) is 0 Å². The minimum Gasteiger partial charge on any atom is -0.382 e. The first-order chi connectivity index (χ1) is 9.33. The molecule has 104 valence electrons. The molecule has 1 aromatic carbocycles. The molecule has 1 heterocycles. The number of carbonyl (C=O) groups is 1. The Morgan fingerprint density at radius 3 is 2.79 bits per heavy atom. The molecule has 1 aliphatic rings. The van der Waals surface area contributed by atoms with Crippen molar-refractivity contribution in [3.05, 3.63) is 35.9 Å². The Hall–Kier alpha value is -1.43. The molecule has 1 atom stereocenters. The second-order valence-corrected chi connectivity index (χ2v) is 4.41. The molecule has 1 amide bonds. The summed E-state index contributed by atoms with van der Waals surface area (Å²) in [6.07, 6.45) is 0. The van der Waals surface area contributed by atoms with Crippen LogP contribution >= 0.6 is 0 Å². The van der Waals surface area contributed by atoms with Crippen LogP contribution in [0.1, 0.15) is 11.6 Å². The normalized spacial score (nSPS) is 19.1. The number of rotatable bonds is 7. The average molecular weight is 264 g/mol. The fourth-order valence-electron chi connectivity index (χ4n) is 2.06. The van der Waals surface area contributed by atoms with E-state index >= 15 is 0 Å². The maximum Gasteiger partial charge on any atom is 0.245 e. The molecule has 5 heteroatoms. The molecule has 2 rings (SSSR count). The number of methoxy groups -OCH3 is 1. The van der Waals surface area contributed by atoms with Gasteiger partial charge in [-0.3, -0.25) is 10.1 Å². The molecule has 1 unspecified atom stereocenters. The molecular weight excluding hydrogens is 244 g/mol. The van der Waals surface area contributed by atoms with Crippen molar-refractivity contribution in [1.29, 1.82) is 0 Å². The third-order valence-corrected chi connectivity index (χ3v) is 3.12. The average Bonchev–Trinajstić information content (AvgIpc) is 2.81. The van der Waals surface area contributed by atoms with E-state index in [4.69, 9.17) is 9.47 Å². The summed E-state index contributed by atoms with van der Waals surface area (Å²) in [5, 5.41) is 3.22. The van der Waals surface area contributed by atoms with Crippen LogP contribution in [0.15, 0.2) is 30.3 Å². The van der Waals surface area contributed by atoms with Gasteiger partial charge in [0.05, 0.1) is 26.5 Å². The third kappa shape index (κ3) is 3.76. The summed E-state index contributed by atoms with van der Waals surface area (Å²) in [5.41, 5.74) is 1.01. The zero-order chi connectivity index (χ0) is 13.5. The molecule has 0 aliphatic carbocycles. The van der Waals surface area contributed by atoms with Crippen LogP contribution in [0.3, 0.4) is 0 Å². The number of ether oxygens (including phenoxy) is 2. The molecular formula is C14H20N2O3. The summed E-state index contributed by atoms with van der Waals surface area (Å²) in [6, 6.07) is 9.55. The summed E-state index contributed by atoms with van der Waals surface area (Å²) in [6.45, 7) is 2.87. The molecule has 1 N–H and O–H groups in total. The summed E-state index contributed by atoms with van der Waals surface area (Å²) in [7, 11) is 1.64. The molecule has 0 spiro atoms. The van der Waals surface area contributed by atoms with E-state index in [2.05, 4.69) is 5.32 Å². The van der Waals surface area contributed by atoms with Gasteiger partial charge in [0.1, 0.15) is 6.04 Å². The van der Waals surface area contributed by atoms with Gasteiger partial charge in [-0.15, -0.1) is 0 Å². The van der Waals surface area contributed by atoms with Crippen molar-refractivity contribution in [3.8, 4) is 0 Å². The minimum atomic E-state index is -0.222. The van der Waals surface area contributed by atoms with Crippen molar-refractivity contribution < 1.29 is 14.3 Å². The van der Waals surface area contributed by atoms with Crippen LogP contribution in [0, 0.1) is 0 Å². The lowest BCUT2D eigenvalue weighted by Crippen LogP contribution is -2.30. The minimum absolute atomic E-state index is 0.113. The molecule has 0 bridgehead atoms. The van der Waals surface area contributed by atoms with Crippen LogP contribution in [-0.4, -0.2) is 51.0 Å². The number of nitrogens with one attached hydrogen (secondary N) is 1. The van der Waals surface area contributed by atoms with E-state index in [0.717, 1.165) is 5.56 Å². The molecule has 19 heavy (non-hydrogen) atoms. The van der Waals surface area contributed by atoms with E-state index in [1.54, 1.807) is 12.0 Å². The first-order valence-electron chi connectivity index (χ1n) is 6.46. The van der Waals surface area contributed by atoms with Gasteiger partial charge in [-0.1, -0.05) is 30.3 Å². The van der Waals surface area contributed by atoms with Crippen molar-refractivity contribution >= 4 is 5.91 Å². The highest BCUT2D eigenvalue weighted by atomic mass is 16.5. The monoisotopic (exact) mass is 264 g/mol. The Morgan fingerprint density at radius 1 is 1.26 bits per heavy atom. The predicted molar refractivity (Wildman–Crippen MR) is 71.6 cm³/mol. The van der Waals surface area contributed by atoms with E-state index in [1.165, 1.54) is 0 Å². The van der Waals surface area contributed by atoms with E-state index in [9.17, 15) is 4.79 Å². The Kier molecular flexibility index (Phi) is 5.32. The maximum absolute atomic E-state index is 12.2. The summed E-state index contributed by atoms with van der Waals surface area (Å²) in [4.78, 5) is 14.0. The number of nitrogens with zero attached hydrogens (tertiary/aromatic N) is 1. The van der Waals surface area contributed by atoms with Crippen molar-refractivity contribution in [1.82, 2.24) is 10.2 Å². The summed E-state index contributed by atoms with van der Waals surface area (Å²) in [5.74, 6) is 0.113. The number of hydrogen-bond donors (Lipinski definition) is 1. The van der Waals surface area contributed by atoms with Crippen molar-refractivity contribution in [2.75, 3.05) is 40.1 Å². The molecule has 0 radical (unpaired) electrons. The third-order valence-electron chi connectivity index (χ3n) is 3.12. The number of carbonyl (C=O) groups excluding carboxylic acids is 1. The van der Waals surface area contributed by atoms with Crippen LogP contribution in [0.25, 0.3) is 0 Å². The molecule has 1 fully saturated rings. The lowest BCUT2D eigenvalue weighted by molar-refractivity contribution is -0.129. The van der Waals surface area contributed by atoms with E-state index in [1.807, 2.05) is 30.3 Å². The maximum atomic E-state index is 12.2. The summed E-state index contributed by atoms with van der Waals surface area (Å²) < 4.78 is 10.3. The van der Waals surface area contributed by atoms with Gasteiger partial charge in [0.25, 0.3) is 0 Å². The van der Waals surface area contributed by atoms with Crippen LogP contribution < -0.4 is 5.32 Å². The smallest absolute Gasteiger partial charge is 0.245 e. The van der Waals surface area contributed by atoms with Gasteiger partial charge < -0.3 is 14.4 Å². The summed E-state index contributed by atoms with van der Waals surface area (Å²) >= 11 is 0.